The highest BCUT2D eigenvalue weighted by atomic mass is 16.3. The molecule has 0 saturated heterocycles. The molecule has 0 aliphatic heterocycles. The van der Waals surface area contributed by atoms with Gasteiger partial charge in [-0.15, -0.1) is 0 Å². The van der Waals surface area contributed by atoms with Crippen LogP contribution in [0.15, 0.2) is 0 Å². The lowest BCUT2D eigenvalue weighted by atomic mass is 9.86. The quantitative estimate of drug-likeness (QED) is 0.766. The van der Waals surface area contributed by atoms with Gasteiger partial charge in [0.15, 0.2) is 0 Å². The van der Waals surface area contributed by atoms with Gasteiger partial charge in [-0.05, 0) is 38.1 Å². The van der Waals surface area contributed by atoms with Crippen LogP contribution in [0.3, 0.4) is 0 Å². The Morgan fingerprint density at radius 2 is 1.76 bits per heavy atom. The summed E-state index contributed by atoms with van der Waals surface area (Å²) in [5.41, 5.74) is 0.310. The second-order valence-electron chi connectivity index (χ2n) is 6.95. The average molecular weight is 241 g/mol. The normalized spacial score (nSPS) is 29.1. The largest absolute Gasteiger partial charge is 0.393 e. The number of aliphatic hydroxyl groups excluding tert-OH is 1. The second-order valence-corrected chi connectivity index (χ2v) is 6.95. The van der Waals surface area contributed by atoms with Crippen molar-refractivity contribution in [2.45, 2.75) is 71.9 Å². The zero-order valence-electron chi connectivity index (χ0n) is 12.4. The number of nitrogens with zero attached hydrogens (tertiary/aromatic N) is 1. The third-order valence-corrected chi connectivity index (χ3v) is 4.56. The Morgan fingerprint density at radius 3 is 2.35 bits per heavy atom. The van der Waals surface area contributed by atoms with Gasteiger partial charge in [0.2, 0.25) is 0 Å². The Hall–Kier alpha value is -0.0800. The molecule has 1 fully saturated rings. The van der Waals surface area contributed by atoms with Crippen LogP contribution in [0, 0.1) is 11.3 Å². The lowest BCUT2D eigenvalue weighted by Gasteiger charge is -2.38. The fourth-order valence-corrected chi connectivity index (χ4v) is 2.77. The molecule has 102 valence electrons. The highest BCUT2D eigenvalue weighted by Crippen LogP contribution is 2.28. The van der Waals surface area contributed by atoms with Crippen LogP contribution in [0.4, 0.5) is 0 Å². The SMILES string of the molecule is CC(N(C)CC1CCCCCC1O)C(C)(C)C. The molecule has 2 heteroatoms. The molecule has 0 spiro atoms. The van der Waals surface area contributed by atoms with Crippen LogP contribution in [0.2, 0.25) is 0 Å². The smallest absolute Gasteiger partial charge is 0.0580 e. The Morgan fingerprint density at radius 1 is 1.18 bits per heavy atom. The van der Waals surface area contributed by atoms with Gasteiger partial charge in [-0.1, -0.05) is 40.0 Å². The van der Waals surface area contributed by atoms with E-state index in [-0.39, 0.29) is 6.10 Å². The van der Waals surface area contributed by atoms with Gasteiger partial charge in [-0.3, -0.25) is 0 Å². The van der Waals surface area contributed by atoms with Crippen molar-refractivity contribution in [2.24, 2.45) is 11.3 Å². The van der Waals surface area contributed by atoms with Crippen molar-refractivity contribution in [1.82, 2.24) is 4.90 Å². The van der Waals surface area contributed by atoms with E-state index in [9.17, 15) is 5.11 Å². The molecule has 0 amide bonds. The minimum Gasteiger partial charge on any atom is -0.393 e. The Labute approximate surface area is 107 Å². The van der Waals surface area contributed by atoms with E-state index in [0.29, 0.717) is 17.4 Å². The average Bonchev–Trinajstić information content (AvgIpc) is 2.42. The van der Waals surface area contributed by atoms with Crippen molar-refractivity contribution in [3.63, 3.8) is 0 Å². The Balaban J connectivity index is 2.51. The maximum atomic E-state index is 10.2. The molecule has 3 unspecified atom stereocenters. The molecule has 3 atom stereocenters. The van der Waals surface area contributed by atoms with Gasteiger partial charge in [0.05, 0.1) is 6.10 Å². The van der Waals surface area contributed by atoms with Crippen molar-refractivity contribution < 1.29 is 5.11 Å². The van der Waals surface area contributed by atoms with Gasteiger partial charge >= 0.3 is 0 Å². The molecule has 1 aliphatic carbocycles. The van der Waals surface area contributed by atoms with Gasteiger partial charge in [0, 0.05) is 12.6 Å². The zero-order chi connectivity index (χ0) is 13.1. The van der Waals surface area contributed by atoms with Crippen LogP contribution in [0.25, 0.3) is 0 Å². The molecular weight excluding hydrogens is 210 g/mol. The van der Waals surface area contributed by atoms with E-state index >= 15 is 0 Å². The third-order valence-electron chi connectivity index (χ3n) is 4.56. The van der Waals surface area contributed by atoms with Crippen molar-refractivity contribution in [2.75, 3.05) is 13.6 Å². The first kappa shape index (κ1) is 15.0. The predicted molar refractivity (Wildman–Crippen MR) is 74.1 cm³/mol. The van der Waals surface area contributed by atoms with Crippen molar-refractivity contribution in [3.05, 3.63) is 0 Å². The van der Waals surface area contributed by atoms with Crippen LogP contribution >= 0.6 is 0 Å². The second kappa shape index (κ2) is 6.19. The molecule has 0 bridgehead atoms. The highest BCUT2D eigenvalue weighted by molar-refractivity contribution is 4.81. The monoisotopic (exact) mass is 241 g/mol. The maximum Gasteiger partial charge on any atom is 0.0580 e. The number of rotatable bonds is 3. The molecule has 1 aliphatic rings. The summed E-state index contributed by atoms with van der Waals surface area (Å²) in [4.78, 5) is 2.43. The van der Waals surface area contributed by atoms with Gasteiger partial charge in [0.25, 0.3) is 0 Å². The lowest BCUT2D eigenvalue weighted by Crippen LogP contribution is -2.43. The summed E-state index contributed by atoms with van der Waals surface area (Å²) in [5, 5.41) is 10.2. The predicted octanol–water partition coefficient (Wildman–Crippen LogP) is 3.29. The number of hydrogen-bond donors (Lipinski definition) is 1. The number of aliphatic hydroxyl groups is 1. The first-order valence-corrected chi connectivity index (χ1v) is 7.20. The summed E-state index contributed by atoms with van der Waals surface area (Å²) >= 11 is 0. The summed E-state index contributed by atoms with van der Waals surface area (Å²) in [5.74, 6) is 0.479. The summed E-state index contributed by atoms with van der Waals surface area (Å²) in [6.45, 7) is 10.2. The molecule has 0 aromatic carbocycles. The van der Waals surface area contributed by atoms with Gasteiger partial charge < -0.3 is 10.0 Å². The summed E-state index contributed by atoms with van der Waals surface area (Å²) < 4.78 is 0. The molecule has 0 radical (unpaired) electrons. The van der Waals surface area contributed by atoms with E-state index in [4.69, 9.17) is 0 Å². The maximum absolute atomic E-state index is 10.2. The summed E-state index contributed by atoms with van der Waals surface area (Å²) in [6, 6.07) is 0.554. The topological polar surface area (TPSA) is 23.5 Å². The van der Waals surface area contributed by atoms with Crippen molar-refractivity contribution in [3.8, 4) is 0 Å². The van der Waals surface area contributed by atoms with E-state index in [0.717, 1.165) is 13.0 Å². The van der Waals surface area contributed by atoms with Crippen LogP contribution in [0.5, 0.6) is 0 Å². The van der Waals surface area contributed by atoms with Gasteiger partial charge in [-0.2, -0.15) is 0 Å². The lowest BCUT2D eigenvalue weighted by molar-refractivity contribution is 0.0523. The van der Waals surface area contributed by atoms with Gasteiger partial charge in [-0.25, -0.2) is 0 Å². The molecule has 1 saturated carbocycles. The Bertz CT molecular complexity index is 221. The molecule has 0 aromatic heterocycles. The fourth-order valence-electron chi connectivity index (χ4n) is 2.77. The van der Waals surface area contributed by atoms with Crippen LogP contribution in [-0.2, 0) is 0 Å². The summed E-state index contributed by atoms with van der Waals surface area (Å²) in [6.07, 6.45) is 5.92. The molecule has 0 heterocycles. The van der Waals surface area contributed by atoms with E-state index in [1.54, 1.807) is 0 Å². The van der Waals surface area contributed by atoms with E-state index < -0.39 is 0 Å². The molecule has 0 aromatic rings. The van der Waals surface area contributed by atoms with E-state index in [1.165, 1.54) is 25.7 Å². The van der Waals surface area contributed by atoms with Crippen LogP contribution < -0.4 is 0 Å². The molecular formula is C15H31NO. The van der Waals surface area contributed by atoms with Crippen LogP contribution in [-0.4, -0.2) is 35.7 Å². The Kier molecular flexibility index (Phi) is 5.46. The van der Waals surface area contributed by atoms with Gasteiger partial charge in [0.1, 0.15) is 0 Å². The minimum absolute atomic E-state index is 0.0767. The number of hydrogen-bond acceptors (Lipinski definition) is 2. The highest BCUT2D eigenvalue weighted by Gasteiger charge is 2.28. The molecule has 1 N–H and O–H groups in total. The fraction of sp³-hybridized carbons (Fsp3) is 1.00. The summed E-state index contributed by atoms with van der Waals surface area (Å²) in [7, 11) is 2.20. The van der Waals surface area contributed by atoms with Crippen LogP contribution in [0.1, 0.15) is 59.8 Å². The molecule has 1 rings (SSSR count). The van der Waals surface area contributed by atoms with Crippen molar-refractivity contribution in [1.29, 1.82) is 0 Å². The zero-order valence-corrected chi connectivity index (χ0v) is 12.4. The first-order valence-electron chi connectivity index (χ1n) is 7.20. The van der Waals surface area contributed by atoms with Crippen molar-refractivity contribution >= 4 is 0 Å². The first-order chi connectivity index (χ1) is 7.82. The molecule has 2 nitrogen and oxygen atoms in total. The minimum atomic E-state index is -0.0767. The molecule has 17 heavy (non-hydrogen) atoms. The standard InChI is InChI=1S/C15H31NO/c1-12(15(2,3)4)16(5)11-13-9-7-6-8-10-14(13)17/h12-14,17H,6-11H2,1-5H3. The van der Waals surface area contributed by atoms with E-state index in [1.807, 2.05) is 0 Å². The van der Waals surface area contributed by atoms with E-state index in [2.05, 4.69) is 39.6 Å². The third kappa shape index (κ3) is 4.59.